The van der Waals surface area contributed by atoms with Crippen molar-refractivity contribution in [3.63, 3.8) is 0 Å². The number of carbonyl (C=O) groups excluding carboxylic acids is 1. The van der Waals surface area contributed by atoms with Gasteiger partial charge in [0.05, 0.1) is 19.3 Å². The minimum Gasteiger partial charge on any atom is -0.493 e. The smallest absolute Gasteiger partial charge is 0.257 e. The van der Waals surface area contributed by atoms with Crippen LogP contribution in [0.5, 0.6) is 11.5 Å². The molecule has 1 saturated heterocycles. The van der Waals surface area contributed by atoms with Crippen LogP contribution in [0.2, 0.25) is 0 Å². The highest BCUT2D eigenvalue weighted by Gasteiger charge is 2.28. The van der Waals surface area contributed by atoms with Gasteiger partial charge in [0.15, 0.2) is 11.5 Å². The summed E-state index contributed by atoms with van der Waals surface area (Å²) in [6.07, 6.45) is 5.97. The van der Waals surface area contributed by atoms with E-state index in [-0.39, 0.29) is 11.8 Å². The van der Waals surface area contributed by atoms with E-state index in [0.717, 1.165) is 25.1 Å². The van der Waals surface area contributed by atoms with E-state index in [1.54, 1.807) is 31.8 Å². The zero-order valence-electron chi connectivity index (χ0n) is 15.6. The molecule has 1 atom stereocenters. The molecule has 1 aromatic carbocycles. The first-order valence-electron chi connectivity index (χ1n) is 9.29. The quantitative estimate of drug-likeness (QED) is 0.752. The number of nitrogens with zero attached hydrogens (tertiary/aromatic N) is 3. The first kappa shape index (κ1) is 19.1. The molecule has 144 valence electrons. The Bertz CT molecular complexity index is 754. The number of methoxy groups -OCH3 is 1. The van der Waals surface area contributed by atoms with Gasteiger partial charge in [0, 0.05) is 30.9 Å². The summed E-state index contributed by atoms with van der Waals surface area (Å²) in [7, 11) is 1.57. The van der Waals surface area contributed by atoms with Gasteiger partial charge in [-0.15, -0.1) is 0 Å². The van der Waals surface area contributed by atoms with Crippen LogP contribution in [0.3, 0.4) is 0 Å². The predicted octanol–water partition coefficient (Wildman–Crippen LogP) is 2.23. The topological polar surface area (TPSA) is 90.6 Å². The average molecular weight is 370 g/mol. The predicted molar refractivity (Wildman–Crippen MR) is 102 cm³/mol. The van der Waals surface area contributed by atoms with Crippen molar-refractivity contribution >= 4 is 5.91 Å². The summed E-state index contributed by atoms with van der Waals surface area (Å²) in [5.74, 6) is 1.22. The molecule has 2 heterocycles. The third-order valence-corrected chi connectivity index (χ3v) is 4.76. The van der Waals surface area contributed by atoms with E-state index in [0.29, 0.717) is 43.2 Å². The number of carbonyl (C=O) groups is 1. The summed E-state index contributed by atoms with van der Waals surface area (Å²) in [5.41, 5.74) is 7.05. The van der Waals surface area contributed by atoms with Crippen LogP contribution in [-0.4, -0.2) is 54.1 Å². The highest BCUT2D eigenvalue weighted by molar-refractivity contribution is 5.98. The van der Waals surface area contributed by atoms with E-state index in [2.05, 4.69) is 9.97 Å². The van der Waals surface area contributed by atoms with Crippen molar-refractivity contribution in [2.75, 3.05) is 33.4 Å². The Hall–Kier alpha value is -2.67. The van der Waals surface area contributed by atoms with E-state index in [1.165, 1.54) is 0 Å². The summed E-state index contributed by atoms with van der Waals surface area (Å²) in [4.78, 5) is 23.4. The summed E-state index contributed by atoms with van der Waals surface area (Å²) >= 11 is 0. The van der Waals surface area contributed by atoms with E-state index >= 15 is 0 Å². The molecule has 0 saturated carbocycles. The lowest BCUT2D eigenvalue weighted by Crippen LogP contribution is -2.39. The van der Waals surface area contributed by atoms with Gasteiger partial charge in [-0.05, 0) is 44.0 Å². The zero-order valence-corrected chi connectivity index (χ0v) is 15.6. The van der Waals surface area contributed by atoms with Crippen molar-refractivity contribution in [1.82, 2.24) is 14.9 Å². The van der Waals surface area contributed by atoms with Gasteiger partial charge in [-0.2, -0.15) is 0 Å². The Labute approximate surface area is 159 Å². The minimum absolute atomic E-state index is 0.0459. The van der Waals surface area contributed by atoms with Gasteiger partial charge in [-0.1, -0.05) is 6.07 Å². The van der Waals surface area contributed by atoms with Crippen LogP contribution in [-0.2, 0) is 0 Å². The number of ether oxygens (including phenoxy) is 2. The third-order valence-electron chi connectivity index (χ3n) is 4.76. The van der Waals surface area contributed by atoms with Crippen molar-refractivity contribution in [2.45, 2.75) is 25.2 Å². The lowest BCUT2D eigenvalue weighted by atomic mass is 9.94. The largest absolute Gasteiger partial charge is 0.493 e. The molecule has 7 nitrogen and oxygen atoms in total. The van der Waals surface area contributed by atoms with Crippen molar-refractivity contribution < 1.29 is 14.3 Å². The number of piperidine rings is 1. The molecule has 1 aromatic heterocycles. The molecule has 1 aliphatic rings. The second kappa shape index (κ2) is 9.32. The third kappa shape index (κ3) is 4.54. The summed E-state index contributed by atoms with van der Waals surface area (Å²) in [6.45, 7) is 2.33. The highest BCUT2D eigenvalue weighted by Crippen LogP contribution is 2.34. The zero-order chi connectivity index (χ0) is 19.1. The lowest BCUT2D eigenvalue weighted by molar-refractivity contribution is 0.0700. The molecule has 0 aliphatic carbocycles. The number of para-hydroxylation sites is 1. The maximum atomic E-state index is 13.2. The summed E-state index contributed by atoms with van der Waals surface area (Å²) in [5, 5.41) is 0. The van der Waals surface area contributed by atoms with E-state index in [4.69, 9.17) is 15.2 Å². The number of rotatable bonds is 7. The summed E-state index contributed by atoms with van der Waals surface area (Å²) in [6, 6.07) is 7.32. The Morgan fingerprint density at radius 2 is 2.26 bits per heavy atom. The molecule has 1 unspecified atom stereocenters. The van der Waals surface area contributed by atoms with Crippen LogP contribution in [0.25, 0.3) is 0 Å². The molecule has 27 heavy (non-hydrogen) atoms. The minimum atomic E-state index is -0.0459. The molecule has 0 spiro atoms. The normalized spacial score (nSPS) is 16.8. The first-order valence-corrected chi connectivity index (χ1v) is 9.29. The van der Waals surface area contributed by atoms with Crippen molar-refractivity contribution in [1.29, 1.82) is 0 Å². The van der Waals surface area contributed by atoms with Gasteiger partial charge in [0.2, 0.25) is 0 Å². The highest BCUT2D eigenvalue weighted by atomic mass is 16.5. The Morgan fingerprint density at radius 3 is 3.00 bits per heavy atom. The van der Waals surface area contributed by atoms with Crippen LogP contribution in [0.4, 0.5) is 0 Å². The second-order valence-corrected chi connectivity index (χ2v) is 6.55. The molecule has 1 amide bonds. The maximum absolute atomic E-state index is 13.2. The molecule has 1 aliphatic heterocycles. The molecule has 2 N–H and O–H groups in total. The van der Waals surface area contributed by atoms with Gasteiger partial charge >= 0.3 is 0 Å². The van der Waals surface area contributed by atoms with Gasteiger partial charge in [0.1, 0.15) is 6.33 Å². The number of benzene rings is 1. The Balaban J connectivity index is 1.80. The molecule has 0 radical (unpaired) electrons. The van der Waals surface area contributed by atoms with E-state index in [1.807, 2.05) is 17.0 Å². The van der Waals surface area contributed by atoms with Crippen LogP contribution in [0.1, 0.15) is 41.2 Å². The SMILES string of the molecule is COc1cccc(C(=O)N2CCCC(c3ccncn3)C2)c1OCCCN. The summed E-state index contributed by atoms with van der Waals surface area (Å²) < 4.78 is 11.3. The molecular formula is C20H26N4O3. The first-order chi connectivity index (χ1) is 13.2. The van der Waals surface area contributed by atoms with Crippen LogP contribution >= 0.6 is 0 Å². The number of aromatic nitrogens is 2. The van der Waals surface area contributed by atoms with E-state index < -0.39 is 0 Å². The Morgan fingerprint density at radius 1 is 1.37 bits per heavy atom. The molecule has 2 aromatic rings. The van der Waals surface area contributed by atoms with Crippen molar-refractivity contribution in [3.05, 3.63) is 48.0 Å². The van der Waals surface area contributed by atoms with E-state index in [9.17, 15) is 4.79 Å². The number of hydrogen-bond donors (Lipinski definition) is 1. The van der Waals surface area contributed by atoms with Gasteiger partial charge in [0.25, 0.3) is 5.91 Å². The number of likely N-dealkylation sites (tertiary alicyclic amines) is 1. The average Bonchev–Trinajstić information content (AvgIpc) is 2.74. The fraction of sp³-hybridized carbons (Fsp3) is 0.450. The van der Waals surface area contributed by atoms with Crippen LogP contribution in [0.15, 0.2) is 36.8 Å². The molecular weight excluding hydrogens is 344 g/mol. The molecule has 0 bridgehead atoms. The number of amides is 1. The fourth-order valence-corrected chi connectivity index (χ4v) is 3.37. The van der Waals surface area contributed by atoms with Gasteiger partial charge < -0.3 is 20.1 Å². The Kier molecular flexibility index (Phi) is 6.59. The standard InChI is InChI=1S/C20H26N4O3/c1-26-18-7-2-6-16(19(18)27-12-4-9-21)20(25)24-11-3-5-15(13-24)17-8-10-22-14-23-17/h2,6-8,10,14-15H,3-5,9,11-13,21H2,1H3. The van der Waals surface area contributed by atoms with Crippen molar-refractivity contribution in [2.24, 2.45) is 5.73 Å². The fourth-order valence-electron chi connectivity index (χ4n) is 3.37. The molecule has 1 fully saturated rings. The monoisotopic (exact) mass is 370 g/mol. The van der Waals surface area contributed by atoms with Gasteiger partial charge in [-0.25, -0.2) is 9.97 Å². The van der Waals surface area contributed by atoms with Crippen molar-refractivity contribution in [3.8, 4) is 11.5 Å². The van der Waals surface area contributed by atoms with Crippen LogP contribution in [0, 0.1) is 0 Å². The molecule has 7 heteroatoms. The number of hydrogen-bond acceptors (Lipinski definition) is 6. The number of nitrogens with two attached hydrogens (primary N) is 1. The second-order valence-electron chi connectivity index (χ2n) is 6.55. The van der Waals surface area contributed by atoms with Gasteiger partial charge in [-0.3, -0.25) is 4.79 Å². The lowest BCUT2D eigenvalue weighted by Gasteiger charge is -2.33. The molecule has 3 rings (SSSR count). The van der Waals surface area contributed by atoms with Crippen LogP contribution < -0.4 is 15.2 Å². The maximum Gasteiger partial charge on any atom is 0.257 e.